The molecule has 96 valence electrons. The molecule has 16 heavy (non-hydrogen) atoms. The summed E-state index contributed by atoms with van der Waals surface area (Å²) in [5.74, 6) is 0. The van der Waals surface area contributed by atoms with Crippen LogP contribution in [-0.4, -0.2) is 43.1 Å². The molecule has 0 aromatic rings. The zero-order chi connectivity index (χ0) is 12.4. The van der Waals surface area contributed by atoms with Crippen molar-refractivity contribution in [2.24, 2.45) is 0 Å². The molecule has 0 fully saturated rings. The minimum absolute atomic E-state index is 0.611. The van der Waals surface area contributed by atoms with Crippen LogP contribution >= 0.6 is 0 Å². The van der Waals surface area contributed by atoms with Crippen molar-refractivity contribution in [3.63, 3.8) is 0 Å². The third-order valence-electron chi connectivity index (χ3n) is 1.54. The smallest absolute Gasteiger partial charge is 0.215 e. The molecule has 0 unspecified atom stereocenters. The molecule has 0 aliphatic rings. The Labute approximate surface area is 103 Å². The zero-order valence-electron chi connectivity index (χ0n) is 11.2. The number of nitrogens with zero attached hydrogens (tertiary/aromatic N) is 1. The van der Waals surface area contributed by atoms with Crippen LogP contribution in [0.5, 0.6) is 0 Å². The maximum Gasteiger partial charge on any atom is 0.215 e. The fourth-order valence-electron chi connectivity index (χ4n) is 1.00. The Kier molecular flexibility index (Phi) is 9.48. The number of hydrogen-bond donors (Lipinski definition) is 0. The van der Waals surface area contributed by atoms with Gasteiger partial charge in [0.1, 0.15) is 0 Å². The van der Waals surface area contributed by atoms with Gasteiger partial charge in [-0.3, -0.25) is 9.68 Å². The highest BCUT2D eigenvalue weighted by Gasteiger charge is 2.13. The van der Waals surface area contributed by atoms with Crippen molar-refractivity contribution in [1.29, 1.82) is 0 Å². The summed E-state index contributed by atoms with van der Waals surface area (Å²) < 4.78 is 5.80. The highest BCUT2D eigenvalue weighted by atomic mass is 28.4. The predicted molar refractivity (Wildman–Crippen MR) is 69.6 cm³/mol. The van der Waals surface area contributed by atoms with Gasteiger partial charge in [-0.05, 0) is 46.0 Å². The number of hydroxylamine groups is 2. The van der Waals surface area contributed by atoms with Gasteiger partial charge in [-0.15, -0.1) is 0 Å². The van der Waals surface area contributed by atoms with Crippen LogP contribution < -0.4 is 0 Å². The van der Waals surface area contributed by atoms with Gasteiger partial charge < -0.3 is 4.12 Å². The molecule has 6 heteroatoms. The first-order valence-electron chi connectivity index (χ1n) is 5.93. The summed E-state index contributed by atoms with van der Waals surface area (Å²) in [7, 11) is -0.717. The van der Waals surface area contributed by atoms with Crippen LogP contribution in [0.15, 0.2) is 0 Å². The monoisotopic (exact) mass is 263 g/mol. The van der Waals surface area contributed by atoms with Gasteiger partial charge in [-0.25, -0.2) is 0 Å². The van der Waals surface area contributed by atoms with Crippen molar-refractivity contribution >= 4 is 18.1 Å². The summed E-state index contributed by atoms with van der Waals surface area (Å²) in [6.07, 6.45) is 1.04. The van der Waals surface area contributed by atoms with Gasteiger partial charge in [0.25, 0.3) is 0 Å². The molecule has 0 N–H and O–H groups in total. The Hall–Kier alpha value is 0.274. The van der Waals surface area contributed by atoms with Gasteiger partial charge in [0.15, 0.2) is 8.32 Å². The molecule has 0 heterocycles. The quantitative estimate of drug-likeness (QED) is 0.344. The zero-order valence-corrected chi connectivity index (χ0v) is 13.2. The first-order valence-corrected chi connectivity index (χ1v) is 10.5. The Bertz CT molecular complexity index is 159. The van der Waals surface area contributed by atoms with E-state index in [-0.39, 0.29) is 0 Å². The molecule has 0 aromatic carbocycles. The van der Waals surface area contributed by atoms with Gasteiger partial charge in [-0.1, -0.05) is 5.23 Å². The van der Waals surface area contributed by atoms with Crippen LogP contribution in [0.4, 0.5) is 0 Å². The van der Waals surface area contributed by atoms with Crippen molar-refractivity contribution in [1.82, 2.24) is 5.23 Å². The largest absolute Gasteiger partial charge is 0.456 e. The molecule has 0 aliphatic carbocycles. The minimum atomic E-state index is -1.33. The molecule has 0 bridgehead atoms. The molecule has 0 atom stereocenters. The minimum Gasteiger partial charge on any atom is -0.456 e. The average molecular weight is 263 g/mol. The van der Waals surface area contributed by atoms with E-state index in [4.69, 9.17) is 13.8 Å². The van der Waals surface area contributed by atoms with E-state index in [0.29, 0.717) is 23.0 Å². The van der Waals surface area contributed by atoms with Gasteiger partial charge in [0.05, 0.1) is 19.8 Å². The van der Waals surface area contributed by atoms with Gasteiger partial charge in [-0.2, -0.15) is 0 Å². The van der Waals surface area contributed by atoms with Crippen LogP contribution in [0.2, 0.25) is 25.7 Å². The van der Waals surface area contributed by atoms with E-state index in [1.54, 1.807) is 5.23 Å². The fourth-order valence-corrected chi connectivity index (χ4v) is 3.44. The molecule has 0 spiro atoms. The average Bonchev–Trinajstić information content (AvgIpc) is 2.16. The molecule has 0 saturated heterocycles. The number of hydrogen-bond acceptors (Lipinski definition) is 4. The van der Waals surface area contributed by atoms with Crippen LogP contribution in [0.25, 0.3) is 0 Å². The maximum absolute atomic E-state index is 5.80. The van der Waals surface area contributed by atoms with E-state index in [1.165, 1.54) is 0 Å². The molecule has 0 aromatic heterocycles. The second-order valence-electron chi connectivity index (χ2n) is 4.35. The van der Waals surface area contributed by atoms with E-state index in [2.05, 4.69) is 19.6 Å². The summed E-state index contributed by atoms with van der Waals surface area (Å²) in [5.41, 5.74) is 0. The van der Waals surface area contributed by atoms with Crippen molar-refractivity contribution in [2.45, 2.75) is 46.0 Å². The second kappa shape index (κ2) is 9.32. The van der Waals surface area contributed by atoms with Gasteiger partial charge in [0, 0.05) is 0 Å². The Morgan fingerprint density at radius 2 is 1.62 bits per heavy atom. The van der Waals surface area contributed by atoms with Crippen molar-refractivity contribution in [3.8, 4) is 0 Å². The first-order chi connectivity index (χ1) is 7.49. The molecule has 4 nitrogen and oxygen atoms in total. The van der Waals surface area contributed by atoms with E-state index in [1.807, 2.05) is 13.8 Å². The Morgan fingerprint density at radius 1 is 1.06 bits per heavy atom. The lowest BCUT2D eigenvalue weighted by Gasteiger charge is -2.20. The summed E-state index contributed by atoms with van der Waals surface area (Å²) in [4.78, 5) is 10.6. The van der Waals surface area contributed by atoms with Gasteiger partial charge in [0.2, 0.25) is 9.76 Å². The number of rotatable bonds is 10. The Morgan fingerprint density at radius 3 is 2.06 bits per heavy atom. The lowest BCUT2D eigenvalue weighted by atomic mass is 10.5. The van der Waals surface area contributed by atoms with Crippen molar-refractivity contribution in [3.05, 3.63) is 0 Å². The summed E-state index contributed by atoms with van der Waals surface area (Å²) in [6.45, 7) is 12.7. The van der Waals surface area contributed by atoms with E-state index >= 15 is 0 Å². The third-order valence-corrected chi connectivity index (χ3v) is 5.13. The van der Waals surface area contributed by atoms with Crippen LogP contribution in [0.3, 0.4) is 0 Å². The van der Waals surface area contributed by atoms with E-state index < -0.39 is 8.32 Å². The standard InChI is InChI=1S/C10H25NO3Si2/c1-6-12-11(13-7-2)9-8-10-15-14-16(3,4)5/h6-10H2,1-5H3. The SMILES string of the molecule is CCON(CCC[Si]O[Si](C)(C)C)OCC. The second-order valence-corrected chi connectivity index (χ2v) is 10.2. The van der Waals surface area contributed by atoms with Crippen LogP contribution in [0, 0.1) is 0 Å². The van der Waals surface area contributed by atoms with Crippen LogP contribution in [-0.2, 0) is 13.8 Å². The highest BCUT2D eigenvalue weighted by molar-refractivity contribution is 6.73. The molecule has 0 rings (SSSR count). The molecular formula is C10H25NO3Si2. The topological polar surface area (TPSA) is 30.9 Å². The highest BCUT2D eigenvalue weighted by Crippen LogP contribution is 2.04. The van der Waals surface area contributed by atoms with E-state index in [9.17, 15) is 0 Å². The normalized spacial score (nSPS) is 12.4. The molecule has 0 amide bonds. The first kappa shape index (κ1) is 16.3. The lowest BCUT2D eigenvalue weighted by Crippen LogP contribution is -2.28. The fraction of sp³-hybridized carbons (Fsp3) is 1.00. The summed E-state index contributed by atoms with van der Waals surface area (Å²) in [6, 6.07) is 1.08. The third kappa shape index (κ3) is 10.8. The lowest BCUT2D eigenvalue weighted by molar-refractivity contribution is -0.364. The summed E-state index contributed by atoms with van der Waals surface area (Å²) in [5, 5.41) is 1.58. The predicted octanol–water partition coefficient (Wildman–Crippen LogP) is 2.47. The molecule has 2 radical (unpaired) electrons. The van der Waals surface area contributed by atoms with Crippen LogP contribution in [0.1, 0.15) is 20.3 Å². The van der Waals surface area contributed by atoms with Crippen molar-refractivity contribution < 1.29 is 13.8 Å². The van der Waals surface area contributed by atoms with Crippen molar-refractivity contribution in [2.75, 3.05) is 19.8 Å². The maximum atomic E-state index is 5.80. The Balaban J connectivity index is 3.46. The molecule has 0 aliphatic heterocycles. The molecular weight excluding hydrogens is 238 g/mol. The van der Waals surface area contributed by atoms with E-state index in [0.717, 1.165) is 19.0 Å². The van der Waals surface area contributed by atoms with Gasteiger partial charge >= 0.3 is 0 Å². The molecule has 0 saturated carbocycles. The summed E-state index contributed by atoms with van der Waals surface area (Å²) >= 11 is 0.